The molecule has 0 bridgehead atoms. The fraction of sp³-hybridized carbons (Fsp3) is 0. The van der Waals surface area contributed by atoms with E-state index in [1.807, 2.05) is 6.07 Å². The summed E-state index contributed by atoms with van der Waals surface area (Å²) >= 11 is 0. The molecule has 0 atom stereocenters. The van der Waals surface area contributed by atoms with Gasteiger partial charge in [-0.15, -0.1) is 0 Å². The van der Waals surface area contributed by atoms with Crippen molar-refractivity contribution in [3.05, 3.63) is 133 Å². The van der Waals surface area contributed by atoms with E-state index in [-0.39, 0.29) is 0 Å². The molecule has 1 N–H and O–H groups in total. The molecule has 0 spiro atoms. The van der Waals surface area contributed by atoms with E-state index in [0.717, 1.165) is 39.2 Å². The second-order valence-electron chi connectivity index (χ2n) is 9.73. The van der Waals surface area contributed by atoms with Crippen LogP contribution in [0, 0.1) is 0 Å². The number of nitrogens with one attached hydrogen (secondary N) is 1. The highest BCUT2D eigenvalue weighted by Crippen LogP contribution is 2.40. The van der Waals surface area contributed by atoms with Gasteiger partial charge in [0, 0.05) is 49.4 Å². The first-order valence-corrected chi connectivity index (χ1v) is 12.9. The zero-order chi connectivity index (χ0) is 25.1. The van der Waals surface area contributed by atoms with Crippen molar-refractivity contribution in [2.45, 2.75) is 0 Å². The lowest BCUT2D eigenvalue weighted by atomic mass is 10.1. The Kier molecular flexibility index (Phi) is 4.52. The summed E-state index contributed by atoms with van der Waals surface area (Å²) in [5, 5.41) is 5.01. The predicted molar refractivity (Wildman–Crippen MR) is 159 cm³/mol. The average molecular weight is 486 g/mol. The van der Waals surface area contributed by atoms with Gasteiger partial charge < -0.3 is 9.55 Å². The quantitative estimate of drug-likeness (QED) is 0.266. The van der Waals surface area contributed by atoms with E-state index in [2.05, 4.69) is 137 Å². The standard InChI is InChI=1S/C35H23N3/c1-2-10-23(11-3-1)29-17-9-18-30(36-29)24-12-8-13-25(22-24)38-33-19-7-5-14-26(33)27-20-21-32-34(35(27)38)28-15-4-6-16-31(28)37-32/h1-22,37H. The van der Waals surface area contributed by atoms with E-state index in [0.29, 0.717) is 0 Å². The molecule has 0 aliphatic carbocycles. The van der Waals surface area contributed by atoms with Gasteiger partial charge in [-0.25, -0.2) is 4.98 Å². The molecule has 38 heavy (non-hydrogen) atoms. The summed E-state index contributed by atoms with van der Waals surface area (Å²) in [6.07, 6.45) is 0. The van der Waals surface area contributed by atoms with Gasteiger partial charge in [0.05, 0.1) is 22.4 Å². The number of aromatic nitrogens is 3. The maximum absolute atomic E-state index is 5.03. The lowest BCUT2D eigenvalue weighted by Gasteiger charge is -2.11. The Hall–Kier alpha value is -5.15. The molecule has 8 rings (SSSR count). The Morgan fingerprint density at radius 1 is 0.500 bits per heavy atom. The Balaban J connectivity index is 1.41. The number of benzene rings is 5. The van der Waals surface area contributed by atoms with Gasteiger partial charge in [0.15, 0.2) is 0 Å². The van der Waals surface area contributed by atoms with Crippen LogP contribution in [0.3, 0.4) is 0 Å². The molecule has 0 unspecified atom stereocenters. The summed E-state index contributed by atoms with van der Waals surface area (Å²) < 4.78 is 2.41. The summed E-state index contributed by atoms with van der Waals surface area (Å²) in [4.78, 5) is 8.66. The van der Waals surface area contributed by atoms with Crippen LogP contribution in [0.25, 0.3) is 71.8 Å². The van der Waals surface area contributed by atoms with Crippen LogP contribution in [0.2, 0.25) is 0 Å². The molecule has 0 saturated heterocycles. The summed E-state index contributed by atoms with van der Waals surface area (Å²) in [7, 11) is 0. The molecule has 0 radical (unpaired) electrons. The summed E-state index contributed by atoms with van der Waals surface area (Å²) in [6.45, 7) is 0. The van der Waals surface area contributed by atoms with Gasteiger partial charge in [0.1, 0.15) is 0 Å². The maximum Gasteiger partial charge on any atom is 0.0710 e. The fourth-order valence-electron chi connectivity index (χ4n) is 5.83. The molecule has 3 nitrogen and oxygen atoms in total. The molecular weight excluding hydrogens is 462 g/mol. The second-order valence-corrected chi connectivity index (χ2v) is 9.73. The molecule has 0 fully saturated rings. The number of aromatic amines is 1. The second kappa shape index (κ2) is 8.19. The van der Waals surface area contributed by atoms with E-state index >= 15 is 0 Å². The molecule has 0 saturated carbocycles. The van der Waals surface area contributed by atoms with Crippen LogP contribution in [0.15, 0.2) is 133 Å². The largest absolute Gasteiger partial charge is 0.354 e. The van der Waals surface area contributed by atoms with Crippen molar-refractivity contribution in [1.29, 1.82) is 0 Å². The van der Waals surface area contributed by atoms with Gasteiger partial charge in [-0.2, -0.15) is 0 Å². The van der Waals surface area contributed by atoms with Gasteiger partial charge in [0.2, 0.25) is 0 Å². The number of rotatable bonds is 3. The van der Waals surface area contributed by atoms with E-state index < -0.39 is 0 Å². The van der Waals surface area contributed by atoms with Crippen molar-refractivity contribution in [3.8, 4) is 28.2 Å². The van der Waals surface area contributed by atoms with Crippen molar-refractivity contribution in [3.63, 3.8) is 0 Å². The number of hydrogen-bond acceptors (Lipinski definition) is 1. The highest BCUT2D eigenvalue weighted by atomic mass is 15.0. The third-order valence-corrected chi connectivity index (χ3v) is 7.52. The Morgan fingerprint density at radius 2 is 1.21 bits per heavy atom. The van der Waals surface area contributed by atoms with Crippen LogP contribution in [0.5, 0.6) is 0 Å². The Morgan fingerprint density at radius 3 is 2.11 bits per heavy atom. The molecule has 0 aliphatic heterocycles. The van der Waals surface area contributed by atoms with Crippen LogP contribution in [0.4, 0.5) is 0 Å². The first-order chi connectivity index (χ1) is 18.8. The molecule has 3 aromatic heterocycles. The molecular formula is C35H23N3. The lowest BCUT2D eigenvalue weighted by molar-refractivity contribution is 1.18. The van der Waals surface area contributed by atoms with Crippen LogP contribution in [-0.2, 0) is 0 Å². The van der Waals surface area contributed by atoms with Crippen LogP contribution >= 0.6 is 0 Å². The average Bonchev–Trinajstić information content (AvgIpc) is 3.53. The van der Waals surface area contributed by atoms with Crippen molar-refractivity contribution < 1.29 is 0 Å². The zero-order valence-electron chi connectivity index (χ0n) is 20.6. The van der Waals surface area contributed by atoms with Gasteiger partial charge in [-0.05, 0) is 42.5 Å². The van der Waals surface area contributed by atoms with Crippen LogP contribution in [-0.4, -0.2) is 14.5 Å². The van der Waals surface area contributed by atoms with Crippen LogP contribution in [0.1, 0.15) is 0 Å². The van der Waals surface area contributed by atoms with Gasteiger partial charge in [-0.1, -0.05) is 91.0 Å². The topological polar surface area (TPSA) is 33.6 Å². The minimum absolute atomic E-state index is 0.964. The smallest absolute Gasteiger partial charge is 0.0710 e. The predicted octanol–water partition coefficient (Wildman–Crippen LogP) is 9.15. The zero-order valence-corrected chi connectivity index (χ0v) is 20.6. The number of pyridine rings is 1. The van der Waals surface area contributed by atoms with E-state index in [4.69, 9.17) is 4.98 Å². The van der Waals surface area contributed by atoms with E-state index in [1.54, 1.807) is 0 Å². The number of nitrogens with zero attached hydrogens (tertiary/aromatic N) is 2. The summed E-state index contributed by atoms with van der Waals surface area (Å²) in [5.41, 5.74) is 10.0. The van der Waals surface area contributed by atoms with Gasteiger partial charge in [0.25, 0.3) is 0 Å². The summed E-state index contributed by atoms with van der Waals surface area (Å²) in [5.74, 6) is 0. The van der Waals surface area contributed by atoms with Crippen molar-refractivity contribution in [1.82, 2.24) is 14.5 Å². The third-order valence-electron chi connectivity index (χ3n) is 7.52. The van der Waals surface area contributed by atoms with E-state index in [1.165, 1.54) is 32.6 Å². The molecule has 3 heterocycles. The minimum Gasteiger partial charge on any atom is -0.354 e. The Labute approximate surface area is 219 Å². The minimum atomic E-state index is 0.964. The number of hydrogen-bond donors (Lipinski definition) is 1. The molecule has 8 aromatic rings. The molecule has 178 valence electrons. The highest BCUT2D eigenvalue weighted by molar-refractivity contribution is 6.25. The fourth-order valence-corrected chi connectivity index (χ4v) is 5.83. The normalized spacial score (nSPS) is 11.7. The number of para-hydroxylation sites is 2. The molecule has 0 aliphatic rings. The van der Waals surface area contributed by atoms with Gasteiger partial charge >= 0.3 is 0 Å². The van der Waals surface area contributed by atoms with Crippen molar-refractivity contribution in [2.75, 3.05) is 0 Å². The molecule has 0 amide bonds. The first-order valence-electron chi connectivity index (χ1n) is 12.9. The lowest BCUT2D eigenvalue weighted by Crippen LogP contribution is -1.95. The molecule has 3 heteroatoms. The van der Waals surface area contributed by atoms with Crippen molar-refractivity contribution >= 4 is 43.6 Å². The first kappa shape index (κ1) is 21.0. The molecule has 5 aromatic carbocycles. The SMILES string of the molecule is c1ccc(-c2cccc(-c3cccc(-n4c5ccccc5c5ccc6[nH]c7ccccc7c6c54)c3)n2)cc1. The highest BCUT2D eigenvalue weighted by Gasteiger charge is 2.18. The van der Waals surface area contributed by atoms with Crippen molar-refractivity contribution in [2.24, 2.45) is 0 Å². The maximum atomic E-state index is 5.03. The van der Waals surface area contributed by atoms with E-state index in [9.17, 15) is 0 Å². The van der Waals surface area contributed by atoms with Crippen LogP contribution < -0.4 is 0 Å². The number of H-pyrrole nitrogens is 1. The summed E-state index contributed by atoms with van der Waals surface area (Å²) in [6, 6.07) is 47.1. The van der Waals surface area contributed by atoms with Gasteiger partial charge in [-0.3, -0.25) is 0 Å². The Bertz CT molecular complexity index is 2130. The third kappa shape index (κ3) is 3.12. The number of fused-ring (bicyclic) bond motifs is 7. The monoisotopic (exact) mass is 485 g/mol.